The van der Waals surface area contributed by atoms with Gasteiger partial charge in [0.05, 0.1) is 24.3 Å². The number of hydrogen-bond donors (Lipinski definition) is 0. The molecule has 1 aromatic heterocycles. The van der Waals surface area contributed by atoms with E-state index in [4.69, 9.17) is 4.74 Å². The van der Waals surface area contributed by atoms with E-state index >= 15 is 0 Å². The van der Waals surface area contributed by atoms with Crippen molar-refractivity contribution in [1.82, 2.24) is 14.8 Å². The number of likely N-dealkylation sites (tertiary alicyclic amines) is 1. The molecule has 3 heterocycles. The minimum Gasteiger partial charge on any atom is -0.374 e. The fourth-order valence-electron chi connectivity index (χ4n) is 3.24. The molecule has 5 nitrogen and oxygen atoms in total. The molecule has 0 aromatic carbocycles. The fraction of sp³-hybridized carbons (Fsp3) is 0.600. The van der Waals surface area contributed by atoms with Crippen molar-refractivity contribution in [1.29, 1.82) is 0 Å². The first-order chi connectivity index (χ1) is 10.9. The first-order valence-electron chi connectivity index (χ1n) is 7.51. The smallest absolute Gasteiger partial charge is 0.374 e. The van der Waals surface area contributed by atoms with Crippen molar-refractivity contribution in [3.05, 3.63) is 29.6 Å². The maximum Gasteiger partial charge on any atom is 0.434 e. The Morgan fingerprint density at radius 3 is 2.91 bits per heavy atom. The SMILES string of the molecule is CN1CC[C@@H]2OCCN(C(=O)c3cccnc3C(F)(F)F)[C@H]2C1. The standard InChI is InChI=1S/C15H18F3N3O2/c1-20-6-4-12-11(9-20)21(7-8-23-12)14(22)10-3-2-5-19-13(10)15(16,17)18/h2-3,5,11-12H,4,6-9H2,1H3/t11-,12-/m0/s1. The maximum absolute atomic E-state index is 13.1. The largest absolute Gasteiger partial charge is 0.434 e. The molecule has 0 aliphatic carbocycles. The summed E-state index contributed by atoms with van der Waals surface area (Å²) in [5, 5.41) is 0. The third kappa shape index (κ3) is 3.18. The molecule has 0 spiro atoms. The molecule has 2 aliphatic heterocycles. The number of rotatable bonds is 1. The predicted molar refractivity (Wildman–Crippen MR) is 75.9 cm³/mol. The number of hydrogen-bond acceptors (Lipinski definition) is 4. The van der Waals surface area contributed by atoms with Gasteiger partial charge in [0.2, 0.25) is 0 Å². The Balaban J connectivity index is 1.91. The number of ether oxygens (including phenoxy) is 1. The van der Waals surface area contributed by atoms with E-state index in [9.17, 15) is 18.0 Å². The number of amides is 1. The first-order valence-corrected chi connectivity index (χ1v) is 7.51. The number of morpholine rings is 1. The molecule has 0 saturated carbocycles. The number of aromatic nitrogens is 1. The summed E-state index contributed by atoms with van der Waals surface area (Å²) in [7, 11) is 1.93. The zero-order chi connectivity index (χ0) is 16.6. The fourth-order valence-corrected chi connectivity index (χ4v) is 3.24. The predicted octanol–water partition coefficient (Wildman–Crippen LogP) is 1.65. The molecule has 0 bridgehead atoms. The van der Waals surface area contributed by atoms with E-state index in [1.54, 1.807) is 0 Å². The van der Waals surface area contributed by atoms with E-state index in [1.165, 1.54) is 17.0 Å². The van der Waals surface area contributed by atoms with Crippen molar-refractivity contribution in [3.63, 3.8) is 0 Å². The molecule has 2 saturated heterocycles. The van der Waals surface area contributed by atoms with Crippen LogP contribution >= 0.6 is 0 Å². The van der Waals surface area contributed by atoms with Gasteiger partial charge in [0.25, 0.3) is 5.91 Å². The second kappa shape index (κ2) is 6.09. The molecule has 0 N–H and O–H groups in total. The molecule has 2 aliphatic rings. The number of nitrogens with zero attached hydrogens (tertiary/aromatic N) is 3. The molecule has 1 aromatic rings. The monoisotopic (exact) mass is 329 g/mol. The maximum atomic E-state index is 13.1. The zero-order valence-electron chi connectivity index (χ0n) is 12.7. The lowest BCUT2D eigenvalue weighted by Gasteiger charge is -2.46. The van der Waals surface area contributed by atoms with Crippen LogP contribution in [0.1, 0.15) is 22.5 Å². The van der Waals surface area contributed by atoms with Crippen LogP contribution in [0.15, 0.2) is 18.3 Å². The highest BCUT2D eigenvalue weighted by Crippen LogP contribution is 2.32. The van der Waals surface area contributed by atoms with E-state index in [-0.39, 0.29) is 12.1 Å². The van der Waals surface area contributed by atoms with Gasteiger partial charge in [-0.05, 0) is 25.6 Å². The highest BCUT2D eigenvalue weighted by atomic mass is 19.4. The van der Waals surface area contributed by atoms with Gasteiger partial charge >= 0.3 is 6.18 Å². The summed E-state index contributed by atoms with van der Waals surface area (Å²) in [6, 6.07) is 2.32. The van der Waals surface area contributed by atoms with Crippen molar-refractivity contribution in [2.24, 2.45) is 0 Å². The molecule has 0 unspecified atom stereocenters. The Kier molecular flexibility index (Phi) is 4.29. The summed E-state index contributed by atoms with van der Waals surface area (Å²) in [4.78, 5) is 19.7. The van der Waals surface area contributed by atoms with Crippen LogP contribution in [-0.2, 0) is 10.9 Å². The summed E-state index contributed by atoms with van der Waals surface area (Å²) < 4.78 is 45.0. The van der Waals surface area contributed by atoms with Crippen LogP contribution in [0.2, 0.25) is 0 Å². The molecule has 126 valence electrons. The quantitative estimate of drug-likeness (QED) is 0.786. The van der Waals surface area contributed by atoms with Crippen LogP contribution in [0.3, 0.4) is 0 Å². The van der Waals surface area contributed by atoms with Gasteiger partial charge in [-0.15, -0.1) is 0 Å². The van der Waals surface area contributed by atoms with Gasteiger partial charge in [-0.1, -0.05) is 0 Å². The average Bonchev–Trinajstić information content (AvgIpc) is 2.53. The first kappa shape index (κ1) is 16.2. The van der Waals surface area contributed by atoms with Crippen LogP contribution in [0.4, 0.5) is 13.2 Å². The van der Waals surface area contributed by atoms with Crippen molar-refractivity contribution in [2.75, 3.05) is 33.3 Å². The van der Waals surface area contributed by atoms with Gasteiger partial charge in [0.1, 0.15) is 0 Å². The van der Waals surface area contributed by atoms with Crippen molar-refractivity contribution in [2.45, 2.75) is 24.7 Å². The van der Waals surface area contributed by atoms with E-state index in [2.05, 4.69) is 9.88 Å². The number of piperidine rings is 1. The molecule has 23 heavy (non-hydrogen) atoms. The summed E-state index contributed by atoms with van der Waals surface area (Å²) >= 11 is 0. The second-order valence-corrected chi connectivity index (χ2v) is 5.92. The minimum atomic E-state index is -4.65. The third-order valence-electron chi connectivity index (χ3n) is 4.36. The lowest BCUT2D eigenvalue weighted by molar-refractivity contribution is -0.141. The summed E-state index contributed by atoms with van der Waals surface area (Å²) in [6.07, 6.45) is -2.95. The Labute approximate surface area is 132 Å². The second-order valence-electron chi connectivity index (χ2n) is 5.92. The molecular formula is C15H18F3N3O2. The van der Waals surface area contributed by atoms with E-state index < -0.39 is 23.3 Å². The topological polar surface area (TPSA) is 45.7 Å². The van der Waals surface area contributed by atoms with E-state index in [0.717, 1.165) is 19.2 Å². The third-order valence-corrected chi connectivity index (χ3v) is 4.36. The van der Waals surface area contributed by atoms with Gasteiger partial charge in [-0.3, -0.25) is 9.78 Å². The average molecular weight is 329 g/mol. The molecule has 8 heteroatoms. The van der Waals surface area contributed by atoms with Gasteiger partial charge in [0.15, 0.2) is 5.69 Å². The van der Waals surface area contributed by atoms with E-state index in [1.807, 2.05) is 7.05 Å². The summed E-state index contributed by atoms with van der Waals surface area (Å²) in [6.45, 7) is 2.08. The minimum absolute atomic E-state index is 0.116. The Bertz CT molecular complexity index is 594. The lowest BCUT2D eigenvalue weighted by Crippen LogP contribution is -2.60. The number of carbonyl (C=O) groups excluding carboxylic acids is 1. The summed E-state index contributed by atoms with van der Waals surface area (Å²) in [5.74, 6) is -0.626. The molecular weight excluding hydrogens is 311 g/mol. The lowest BCUT2D eigenvalue weighted by atomic mass is 9.98. The Morgan fingerprint density at radius 2 is 2.17 bits per heavy atom. The van der Waals surface area contributed by atoms with Crippen LogP contribution in [-0.4, -0.2) is 66.1 Å². The van der Waals surface area contributed by atoms with Gasteiger partial charge < -0.3 is 14.5 Å². The number of alkyl halides is 3. The Morgan fingerprint density at radius 1 is 1.39 bits per heavy atom. The van der Waals surface area contributed by atoms with Gasteiger partial charge in [0, 0.05) is 25.8 Å². The van der Waals surface area contributed by atoms with Crippen LogP contribution in [0, 0.1) is 0 Å². The number of likely N-dealkylation sites (N-methyl/N-ethyl adjacent to an activating group) is 1. The summed E-state index contributed by atoms with van der Waals surface area (Å²) in [5.41, 5.74) is -1.52. The zero-order valence-corrected chi connectivity index (χ0v) is 12.7. The van der Waals surface area contributed by atoms with Crippen molar-refractivity contribution in [3.8, 4) is 0 Å². The molecule has 2 atom stereocenters. The number of halogens is 3. The number of fused-ring (bicyclic) bond motifs is 1. The number of carbonyl (C=O) groups is 1. The highest BCUT2D eigenvalue weighted by molar-refractivity contribution is 5.95. The van der Waals surface area contributed by atoms with Crippen LogP contribution in [0.25, 0.3) is 0 Å². The Hall–Kier alpha value is -1.67. The van der Waals surface area contributed by atoms with Crippen molar-refractivity contribution >= 4 is 5.91 Å². The molecule has 1 amide bonds. The van der Waals surface area contributed by atoms with Crippen LogP contribution < -0.4 is 0 Å². The van der Waals surface area contributed by atoms with Gasteiger partial charge in [-0.25, -0.2) is 0 Å². The highest BCUT2D eigenvalue weighted by Gasteiger charge is 2.42. The number of pyridine rings is 1. The van der Waals surface area contributed by atoms with E-state index in [0.29, 0.717) is 19.7 Å². The van der Waals surface area contributed by atoms with Crippen LogP contribution in [0.5, 0.6) is 0 Å². The van der Waals surface area contributed by atoms with Gasteiger partial charge in [-0.2, -0.15) is 13.2 Å². The molecule has 2 fully saturated rings. The molecule has 3 rings (SSSR count). The van der Waals surface area contributed by atoms with Crippen molar-refractivity contribution < 1.29 is 22.7 Å². The molecule has 0 radical (unpaired) electrons. The normalized spacial score (nSPS) is 26.0.